The van der Waals surface area contributed by atoms with Gasteiger partial charge in [0.05, 0.1) is 0 Å². The van der Waals surface area contributed by atoms with Crippen LogP contribution in [0.25, 0.3) is 0 Å². The van der Waals surface area contributed by atoms with E-state index in [2.05, 4.69) is 24.1 Å². The Bertz CT molecular complexity index is 316. The lowest BCUT2D eigenvalue weighted by Gasteiger charge is -2.51. The molecule has 122 valence electrons. The largest absolute Gasteiger partial charge is 0.311 e. The quantitative estimate of drug-likeness (QED) is 0.835. The van der Waals surface area contributed by atoms with Crippen LogP contribution >= 0.6 is 0 Å². The molecule has 1 spiro atoms. The van der Waals surface area contributed by atoms with Gasteiger partial charge >= 0.3 is 0 Å². The van der Waals surface area contributed by atoms with E-state index in [1.807, 2.05) is 0 Å². The normalized spacial score (nSPS) is 32.6. The second-order valence-corrected chi connectivity index (χ2v) is 8.24. The molecule has 0 bridgehead atoms. The van der Waals surface area contributed by atoms with Crippen molar-refractivity contribution >= 4 is 0 Å². The fraction of sp³-hybridized carbons (Fsp3) is 1.00. The van der Waals surface area contributed by atoms with E-state index in [1.54, 1.807) is 0 Å². The van der Waals surface area contributed by atoms with Crippen LogP contribution in [0.1, 0.15) is 78.1 Å². The van der Waals surface area contributed by atoms with Crippen molar-refractivity contribution in [2.24, 2.45) is 11.8 Å². The van der Waals surface area contributed by atoms with Crippen molar-refractivity contribution in [3.05, 3.63) is 0 Å². The minimum atomic E-state index is 0.522. The number of nitrogens with zero attached hydrogens (tertiary/aromatic N) is 1. The monoisotopic (exact) mass is 292 g/mol. The lowest BCUT2D eigenvalue weighted by Crippen LogP contribution is -2.65. The fourth-order valence-electron chi connectivity index (χ4n) is 5.08. The van der Waals surface area contributed by atoms with Gasteiger partial charge in [0.15, 0.2) is 0 Å². The molecule has 0 radical (unpaired) electrons. The highest BCUT2D eigenvalue weighted by Crippen LogP contribution is 2.39. The van der Waals surface area contributed by atoms with E-state index in [0.29, 0.717) is 5.54 Å². The summed E-state index contributed by atoms with van der Waals surface area (Å²) in [5.74, 6) is 1.81. The molecular weight excluding hydrogens is 256 g/mol. The number of rotatable bonds is 4. The Kier molecular flexibility index (Phi) is 5.27. The van der Waals surface area contributed by atoms with Gasteiger partial charge in [0.2, 0.25) is 0 Å². The molecule has 2 saturated carbocycles. The van der Waals surface area contributed by atoms with E-state index in [9.17, 15) is 0 Å². The summed E-state index contributed by atoms with van der Waals surface area (Å²) in [6, 6.07) is 0.778. The van der Waals surface area contributed by atoms with Crippen molar-refractivity contribution in [2.75, 3.05) is 19.6 Å². The Morgan fingerprint density at radius 2 is 1.81 bits per heavy atom. The van der Waals surface area contributed by atoms with Crippen LogP contribution in [0.3, 0.4) is 0 Å². The standard InChI is InChI=1S/C19H36N2/c1-3-16(2)13-21-14-18(17-9-5-4-6-10-17)20-15-19(21)11-7-8-12-19/h16-18,20H,3-15H2,1-2H3. The van der Waals surface area contributed by atoms with Crippen molar-refractivity contribution in [1.29, 1.82) is 0 Å². The van der Waals surface area contributed by atoms with Gasteiger partial charge in [0.25, 0.3) is 0 Å². The Morgan fingerprint density at radius 1 is 1.10 bits per heavy atom. The molecule has 0 aromatic heterocycles. The number of hydrogen-bond donors (Lipinski definition) is 1. The van der Waals surface area contributed by atoms with E-state index < -0.39 is 0 Å². The third-order valence-corrected chi connectivity index (χ3v) is 6.76. The molecule has 3 rings (SSSR count). The number of nitrogens with one attached hydrogen (secondary N) is 1. The third kappa shape index (κ3) is 3.47. The Hall–Kier alpha value is -0.0800. The van der Waals surface area contributed by atoms with Crippen molar-refractivity contribution < 1.29 is 0 Å². The van der Waals surface area contributed by atoms with Gasteiger partial charge in [-0.25, -0.2) is 0 Å². The average molecular weight is 293 g/mol. The molecule has 0 aromatic carbocycles. The van der Waals surface area contributed by atoms with E-state index in [1.165, 1.54) is 83.8 Å². The van der Waals surface area contributed by atoms with Crippen LogP contribution in [-0.2, 0) is 0 Å². The molecule has 2 aliphatic carbocycles. The summed E-state index contributed by atoms with van der Waals surface area (Å²) in [5, 5.41) is 4.00. The molecule has 0 aromatic rings. The summed E-state index contributed by atoms with van der Waals surface area (Å²) in [6.45, 7) is 8.73. The van der Waals surface area contributed by atoms with Gasteiger partial charge in [-0.3, -0.25) is 4.90 Å². The fourth-order valence-corrected chi connectivity index (χ4v) is 5.08. The summed E-state index contributed by atoms with van der Waals surface area (Å²) < 4.78 is 0. The summed E-state index contributed by atoms with van der Waals surface area (Å²) in [5.41, 5.74) is 0.522. The smallest absolute Gasteiger partial charge is 0.0334 e. The van der Waals surface area contributed by atoms with E-state index in [4.69, 9.17) is 0 Å². The van der Waals surface area contributed by atoms with E-state index >= 15 is 0 Å². The Morgan fingerprint density at radius 3 is 2.48 bits per heavy atom. The van der Waals surface area contributed by atoms with Crippen LogP contribution in [0, 0.1) is 11.8 Å². The predicted octanol–water partition coefficient (Wildman–Crippen LogP) is 4.20. The second kappa shape index (κ2) is 7.00. The summed E-state index contributed by atoms with van der Waals surface area (Å²) in [6.07, 6.45) is 14.5. The maximum atomic E-state index is 4.00. The van der Waals surface area contributed by atoms with Gasteiger partial charge in [-0.05, 0) is 37.5 Å². The first-order valence-electron chi connectivity index (χ1n) is 9.72. The lowest BCUT2D eigenvalue weighted by molar-refractivity contribution is 0.0140. The highest BCUT2D eigenvalue weighted by atomic mass is 15.3. The minimum Gasteiger partial charge on any atom is -0.311 e. The first kappa shape index (κ1) is 15.8. The van der Waals surface area contributed by atoms with Crippen LogP contribution in [0.4, 0.5) is 0 Å². The third-order valence-electron chi connectivity index (χ3n) is 6.76. The van der Waals surface area contributed by atoms with E-state index in [-0.39, 0.29) is 0 Å². The molecule has 1 aliphatic heterocycles. The molecule has 21 heavy (non-hydrogen) atoms. The topological polar surface area (TPSA) is 15.3 Å². The van der Waals surface area contributed by atoms with Gasteiger partial charge in [-0.15, -0.1) is 0 Å². The van der Waals surface area contributed by atoms with Gasteiger partial charge in [0, 0.05) is 31.2 Å². The molecule has 1 N–H and O–H groups in total. The van der Waals surface area contributed by atoms with E-state index in [0.717, 1.165) is 17.9 Å². The van der Waals surface area contributed by atoms with Crippen LogP contribution in [-0.4, -0.2) is 36.1 Å². The van der Waals surface area contributed by atoms with Gasteiger partial charge in [-0.1, -0.05) is 52.4 Å². The summed E-state index contributed by atoms with van der Waals surface area (Å²) in [4.78, 5) is 2.93. The molecule has 1 heterocycles. The first-order valence-corrected chi connectivity index (χ1v) is 9.72. The molecule has 2 heteroatoms. The molecular formula is C19H36N2. The maximum Gasteiger partial charge on any atom is 0.0334 e. The van der Waals surface area contributed by atoms with Crippen molar-refractivity contribution in [2.45, 2.75) is 89.6 Å². The SMILES string of the molecule is CCC(C)CN1CC(C2CCCCC2)NCC12CCCC2. The number of piperazine rings is 1. The molecule has 1 saturated heterocycles. The molecule has 3 fully saturated rings. The van der Waals surface area contributed by atoms with Gasteiger partial charge in [0.1, 0.15) is 0 Å². The second-order valence-electron chi connectivity index (χ2n) is 8.24. The highest BCUT2D eigenvalue weighted by molar-refractivity contribution is 5.03. The maximum absolute atomic E-state index is 4.00. The summed E-state index contributed by atoms with van der Waals surface area (Å²) in [7, 11) is 0. The van der Waals surface area contributed by atoms with Crippen LogP contribution < -0.4 is 5.32 Å². The zero-order chi connectivity index (χ0) is 14.7. The highest BCUT2D eigenvalue weighted by Gasteiger charge is 2.44. The summed E-state index contributed by atoms with van der Waals surface area (Å²) >= 11 is 0. The van der Waals surface area contributed by atoms with Crippen LogP contribution in [0.5, 0.6) is 0 Å². The molecule has 3 aliphatic rings. The lowest BCUT2D eigenvalue weighted by atomic mass is 9.80. The van der Waals surface area contributed by atoms with Crippen molar-refractivity contribution in [3.63, 3.8) is 0 Å². The zero-order valence-electron chi connectivity index (χ0n) is 14.4. The van der Waals surface area contributed by atoms with Gasteiger partial charge in [-0.2, -0.15) is 0 Å². The van der Waals surface area contributed by atoms with Crippen LogP contribution in [0.2, 0.25) is 0 Å². The minimum absolute atomic E-state index is 0.522. The predicted molar refractivity (Wildman–Crippen MR) is 90.6 cm³/mol. The molecule has 2 nitrogen and oxygen atoms in total. The Labute approximate surface area is 132 Å². The molecule has 0 amide bonds. The van der Waals surface area contributed by atoms with Crippen LogP contribution in [0.15, 0.2) is 0 Å². The van der Waals surface area contributed by atoms with Crippen molar-refractivity contribution in [1.82, 2.24) is 10.2 Å². The molecule has 2 atom stereocenters. The Balaban J connectivity index is 1.66. The number of hydrogen-bond acceptors (Lipinski definition) is 2. The average Bonchev–Trinajstić information content (AvgIpc) is 3.00. The van der Waals surface area contributed by atoms with Crippen molar-refractivity contribution in [3.8, 4) is 0 Å². The van der Waals surface area contributed by atoms with Gasteiger partial charge < -0.3 is 5.32 Å². The first-order chi connectivity index (χ1) is 10.2. The molecule has 2 unspecified atom stereocenters. The zero-order valence-corrected chi connectivity index (χ0v) is 14.4.